The van der Waals surface area contributed by atoms with Gasteiger partial charge in [0.2, 0.25) is 0 Å². The van der Waals surface area contributed by atoms with E-state index < -0.39 is 17.6 Å². The summed E-state index contributed by atoms with van der Waals surface area (Å²) in [6, 6.07) is 3.87. The van der Waals surface area contributed by atoms with Gasteiger partial charge in [0, 0.05) is 19.2 Å². The summed E-state index contributed by atoms with van der Waals surface area (Å²) in [6.45, 7) is 0.147. The average Bonchev–Trinajstić information content (AvgIpc) is 3.15. The lowest BCUT2D eigenvalue weighted by Crippen LogP contribution is -2.25. The lowest BCUT2D eigenvalue weighted by Gasteiger charge is -2.09. The standard InChI is InChI=1S/C14H10ClF3N4O2/c15-8-6-9(14(16,17)18)12-21-20-11(22(12)7-8)3-4-19-13(23)10-2-1-5-24-10/h1-2,5-7H,3-4H2,(H,19,23). The van der Waals surface area contributed by atoms with Crippen molar-refractivity contribution in [2.45, 2.75) is 12.6 Å². The minimum absolute atomic E-state index is 0.0875. The fraction of sp³-hybridized carbons (Fsp3) is 0.214. The quantitative estimate of drug-likeness (QED) is 0.778. The zero-order chi connectivity index (χ0) is 17.3. The second-order valence-corrected chi connectivity index (χ2v) is 5.30. The van der Waals surface area contributed by atoms with E-state index in [4.69, 9.17) is 16.0 Å². The van der Waals surface area contributed by atoms with Gasteiger partial charge in [0.1, 0.15) is 11.4 Å². The molecule has 0 atom stereocenters. The van der Waals surface area contributed by atoms with Crippen LogP contribution in [0.15, 0.2) is 35.1 Å². The van der Waals surface area contributed by atoms with E-state index in [1.165, 1.54) is 22.9 Å². The predicted molar refractivity (Wildman–Crippen MR) is 77.7 cm³/mol. The number of nitrogens with zero attached hydrogens (tertiary/aromatic N) is 3. The molecule has 3 aromatic heterocycles. The van der Waals surface area contributed by atoms with Gasteiger partial charge < -0.3 is 9.73 Å². The van der Waals surface area contributed by atoms with Crippen LogP contribution in [0.25, 0.3) is 5.65 Å². The van der Waals surface area contributed by atoms with Crippen molar-refractivity contribution in [1.29, 1.82) is 0 Å². The molecule has 0 radical (unpaired) electrons. The maximum atomic E-state index is 13.0. The summed E-state index contributed by atoms with van der Waals surface area (Å²) in [5, 5.41) is 9.82. The van der Waals surface area contributed by atoms with Crippen molar-refractivity contribution in [3.05, 3.63) is 52.8 Å². The number of halogens is 4. The van der Waals surface area contributed by atoms with E-state index in [9.17, 15) is 18.0 Å². The molecule has 10 heteroatoms. The molecule has 3 rings (SSSR count). The Morgan fingerprint density at radius 1 is 1.38 bits per heavy atom. The van der Waals surface area contributed by atoms with Crippen molar-refractivity contribution in [2.24, 2.45) is 0 Å². The van der Waals surface area contributed by atoms with Crippen LogP contribution < -0.4 is 5.32 Å². The first-order valence-electron chi connectivity index (χ1n) is 6.78. The third kappa shape index (κ3) is 3.21. The van der Waals surface area contributed by atoms with E-state index in [0.29, 0.717) is 0 Å². The molecule has 0 spiro atoms. The molecule has 0 aliphatic carbocycles. The fourth-order valence-corrected chi connectivity index (χ4v) is 2.37. The molecule has 3 aromatic rings. The number of aromatic nitrogens is 3. The normalized spacial score (nSPS) is 11.8. The van der Waals surface area contributed by atoms with E-state index in [0.717, 1.165) is 6.07 Å². The lowest BCUT2D eigenvalue weighted by molar-refractivity contribution is -0.136. The first kappa shape index (κ1) is 16.3. The molecule has 0 aliphatic heterocycles. The zero-order valence-electron chi connectivity index (χ0n) is 12.0. The first-order chi connectivity index (χ1) is 11.4. The van der Waals surface area contributed by atoms with Gasteiger partial charge in [0.05, 0.1) is 11.3 Å². The number of alkyl halides is 3. The molecule has 126 valence electrons. The summed E-state index contributed by atoms with van der Waals surface area (Å²) in [6.07, 6.45) is -1.76. The fourth-order valence-electron chi connectivity index (χ4n) is 2.17. The molecular formula is C14H10ClF3N4O2. The van der Waals surface area contributed by atoms with Gasteiger partial charge in [-0.1, -0.05) is 11.6 Å². The summed E-state index contributed by atoms with van der Waals surface area (Å²) >= 11 is 5.75. The van der Waals surface area contributed by atoms with Gasteiger partial charge in [-0.15, -0.1) is 10.2 Å². The molecule has 0 aromatic carbocycles. The van der Waals surface area contributed by atoms with E-state index >= 15 is 0 Å². The second-order valence-electron chi connectivity index (χ2n) is 4.86. The van der Waals surface area contributed by atoms with Gasteiger partial charge >= 0.3 is 6.18 Å². The molecule has 6 nitrogen and oxygen atoms in total. The van der Waals surface area contributed by atoms with Gasteiger partial charge in [0.25, 0.3) is 5.91 Å². The van der Waals surface area contributed by atoms with Crippen LogP contribution in [0, 0.1) is 0 Å². The summed E-state index contributed by atoms with van der Waals surface area (Å²) in [5.41, 5.74) is -1.30. The van der Waals surface area contributed by atoms with Crippen LogP contribution in [0.2, 0.25) is 5.02 Å². The number of nitrogens with one attached hydrogen (secondary N) is 1. The van der Waals surface area contributed by atoms with Gasteiger partial charge in [-0.2, -0.15) is 13.2 Å². The third-order valence-electron chi connectivity index (χ3n) is 3.23. The SMILES string of the molecule is O=C(NCCc1nnc2c(C(F)(F)F)cc(Cl)cn12)c1ccco1. The largest absolute Gasteiger partial charge is 0.459 e. The van der Waals surface area contributed by atoms with Crippen LogP contribution in [0.1, 0.15) is 21.9 Å². The number of pyridine rings is 1. The van der Waals surface area contributed by atoms with Crippen molar-refractivity contribution >= 4 is 23.2 Å². The molecule has 3 heterocycles. The Morgan fingerprint density at radius 3 is 2.83 bits per heavy atom. The second kappa shape index (κ2) is 6.16. The van der Waals surface area contributed by atoms with Crippen molar-refractivity contribution < 1.29 is 22.4 Å². The van der Waals surface area contributed by atoms with Gasteiger partial charge in [-0.3, -0.25) is 9.20 Å². The minimum Gasteiger partial charge on any atom is -0.459 e. The molecule has 1 amide bonds. The summed E-state index contributed by atoms with van der Waals surface area (Å²) in [5.74, 6) is -0.0379. The highest BCUT2D eigenvalue weighted by Crippen LogP contribution is 2.33. The molecular weight excluding hydrogens is 349 g/mol. The summed E-state index contributed by atoms with van der Waals surface area (Å²) in [4.78, 5) is 11.7. The Bertz CT molecular complexity index is 874. The molecule has 0 aliphatic rings. The molecule has 0 saturated heterocycles. The van der Waals surface area contributed by atoms with E-state index in [2.05, 4.69) is 15.5 Å². The highest BCUT2D eigenvalue weighted by molar-refractivity contribution is 6.30. The van der Waals surface area contributed by atoms with Crippen molar-refractivity contribution in [3.63, 3.8) is 0 Å². The predicted octanol–water partition coefficient (Wildman–Crippen LogP) is 2.97. The minimum atomic E-state index is -4.59. The van der Waals surface area contributed by atoms with Crippen LogP contribution in [0.3, 0.4) is 0 Å². The Kier molecular flexibility index (Phi) is 4.18. The number of hydrogen-bond acceptors (Lipinski definition) is 4. The Morgan fingerprint density at radius 2 is 2.17 bits per heavy atom. The maximum absolute atomic E-state index is 13.0. The zero-order valence-corrected chi connectivity index (χ0v) is 12.7. The van der Waals surface area contributed by atoms with Crippen LogP contribution in [0.4, 0.5) is 13.2 Å². The molecule has 1 N–H and O–H groups in total. The van der Waals surface area contributed by atoms with Gasteiger partial charge in [-0.05, 0) is 18.2 Å². The van der Waals surface area contributed by atoms with Crippen molar-refractivity contribution in [2.75, 3.05) is 6.54 Å². The monoisotopic (exact) mass is 358 g/mol. The highest BCUT2D eigenvalue weighted by Gasteiger charge is 2.35. The van der Waals surface area contributed by atoms with Crippen molar-refractivity contribution in [3.8, 4) is 0 Å². The molecule has 0 fully saturated rings. The van der Waals surface area contributed by atoms with E-state index in [1.54, 1.807) is 6.07 Å². The number of amides is 1. The Balaban J connectivity index is 1.78. The van der Waals surface area contributed by atoms with E-state index in [1.807, 2.05) is 0 Å². The molecule has 24 heavy (non-hydrogen) atoms. The third-order valence-corrected chi connectivity index (χ3v) is 3.43. The van der Waals surface area contributed by atoms with Crippen molar-refractivity contribution in [1.82, 2.24) is 19.9 Å². The summed E-state index contributed by atoms with van der Waals surface area (Å²) < 4.78 is 45.1. The molecule has 0 saturated carbocycles. The highest BCUT2D eigenvalue weighted by atomic mass is 35.5. The van der Waals surface area contributed by atoms with Gasteiger partial charge in [-0.25, -0.2) is 0 Å². The maximum Gasteiger partial charge on any atom is 0.420 e. The molecule has 0 unspecified atom stereocenters. The number of fused-ring (bicyclic) bond motifs is 1. The van der Waals surface area contributed by atoms with Crippen LogP contribution in [-0.2, 0) is 12.6 Å². The molecule has 0 bridgehead atoms. The summed E-state index contributed by atoms with van der Waals surface area (Å²) in [7, 11) is 0. The van der Waals surface area contributed by atoms with Crippen LogP contribution in [0.5, 0.6) is 0 Å². The topological polar surface area (TPSA) is 72.4 Å². The Hall–Kier alpha value is -2.55. The number of rotatable bonds is 4. The van der Waals surface area contributed by atoms with Crippen LogP contribution in [-0.4, -0.2) is 27.0 Å². The number of carbonyl (C=O) groups is 1. The number of furan rings is 1. The average molecular weight is 359 g/mol. The van der Waals surface area contributed by atoms with E-state index in [-0.39, 0.29) is 35.2 Å². The van der Waals surface area contributed by atoms with Gasteiger partial charge in [0.15, 0.2) is 11.4 Å². The number of carbonyl (C=O) groups excluding carboxylic acids is 1. The number of hydrogen-bond donors (Lipinski definition) is 1. The first-order valence-corrected chi connectivity index (χ1v) is 7.16. The Labute approximate surface area is 138 Å². The smallest absolute Gasteiger partial charge is 0.420 e. The van der Waals surface area contributed by atoms with Crippen LogP contribution >= 0.6 is 11.6 Å². The lowest BCUT2D eigenvalue weighted by atomic mass is 10.2.